The fourth-order valence-corrected chi connectivity index (χ4v) is 2.88. The van der Waals surface area contributed by atoms with E-state index in [1.165, 1.54) is 0 Å². The number of nitrogens with one attached hydrogen (secondary N) is 1. The van der Waals surface area contributed by atoms with E-state index < -0.39 is 21.2 Å². The van der Waals surface area contributed by atoms with Crippen LogP contribution in [0.2, 0.25) is 0 Å². The molecule has 3 unspecified atom stereocenters. The molecule has 3 atom stereocenters. The Morgan fingerprint density at radius 3 is 2.56 bits per heavy atom. The summed E-state index contributed by atoms with van der Waals surface area (Å²) in [7, 11) is -2.19. The van der Waals surface area contributed by atoms with Crippen LogP contribution in [0.1, 0.15) is 26.2 Å². The third kappa shape index (κ3) is 3.16. The molecule has 0 heterocycles. The zero-order valence-electron chi connectivity index (χ0n) is 9.34. The van der Waals surface area contributed by atoms with Crippen LogP contribution >= 0.6 is 0 Å². The van der Waals surface area contributed by atoms with Crippen LogP contribution in [0.3, 0.4) is 0 Å². The van der Waals surface area contributed by atoms with Crippen molar-refractivity contribution in [2.24, 2.45) is 0 Å². The fourth-order valence-electron chi connectivity index (χ4n) is 1.73. The highest BCUT2D eigenvalue weighted by molar-refractivity contribution is 7.90. The predicted octanol–water partition coefficient (Wildman–Crippen LogP) is -0.0536. The number of sulfonamides is 1. The van der Waals surface area contributed by atoms with Crippen molar-refractivity contribution < 1.29 is 23.1 Å². The van der Waals surface area contributed by atoms with E-state index in [1.807, 2.05) is 0 Å². The smallest absolute Gasteiger partial charge is 0.323 e. The van der Waals surface area contributed by atoms with Gasteiger partial charge in [-0.25, -0.2) is 13.1 Å². The molecule has 0 radical (unpaired) electrons. The number of ether oxygens (including phenoxy) is 1. The number of carbonyl (C=O) groups is 1. The Balaban J connectivity index is 2.58. The van der Waals surface area contributed by atoms with Gasteiger partial charge in [0.2, 0.25) is 10.0 Å². The third-order valence-corrected chi connectivity index (χ3v) is 4.66. The maximum Gasteiger partial charge on any atom is 0.323 e. The number of rotatable bonds is 5. The van der Waals surface area contributed by atoms with Gasteiger partial charge in [-0.15, -0.1) is 0 Å². The van der Waals surface area contributed by atoms with Gasteiger partial charge in [0.25, 0.3) is 0 Å². The Morgan fingerprint density at radius 1 is 1.50 bits per heavy atom. The minimum atomic E-state index is -3.78. The average Bonchev–Trinajstić information content (AvgIpc) is 2.63. The number of hydrogen-bond acceptors (Lipinski definition) is 4. The van der Waals surface area contributed by atoms with Crippen molar-refractivity contribution in [1.82, 2.24) is 4.72 Å². The topological polar surface area (TPSA) is 92.7 Å². The van der Waals surface area contributed by atoms with Crippen LogP contribution in [-0.4, -0.2) is 44.0 Å². The average molecular weight is 251 g/mol. The molecule has 0 spiro atoms. The van der Waals surface area contributed by atoms with E-state index in [2.05, 4.69) is 4.72 Å². The molecule has 6 nitrogen and oxygen atoms in total. The Labute approximate surface area is 95.0 Å². The Kier molecular flexibility index (Phi) is 4.28. The zero-order chi connectivity index (χ0) is 12.3. The van der Waals surface area contributed by atoms with Crippen LogP contribution < -0.4 is 4.72 Å². The van der Waals surface area contributed by atoms with Gasteiger partial charge in [-0.05, 0) is 26.2 Å². The number of hydrogen-bond donors (Lipinski definition) is 2. The SMILES string of the molecule is COC1CCC(NS(=O)(=O)C(C)C(=O)O)C1. The molecule has 1 saturated carbocycles. The van der Waals surface area contributed by atoms with Crippen LogP contribution in [0.25, 0.3) is 0 Å². The second kappa shape index (κ2) is 5.11. The Morgan fingerprint density at radius 2 is 2.12 bits per heavy atom. The van der Waals surface area contributed by atoms with Gasteiger partial charge in [-0.1, -0.05) is 0 Å². The quantitative estimate of drug-likeness (QED) is 0.714. The molecule has 1 aliphatic carbocycles. The van der Waals surface area contributed by atoms with E-state index in [0.29, 0.717) is 12.8 Å². The lowest BCUT2D eigenvalue weighted by Gasteiger charge is -2.15. The van der Waals surface area contributed by atoms with Crippen molar-refractivity contribution in [3.8, 4) is 0 Å². The molecule has 16 heavy (non-hydrogen) atoms. The van der Waals surface area contributed by atoms with E-state index in [0.717, 1.165) is 13.3 Å². The summed E-state index contributed by atoms with van der Waals surface area (Å²) in [6.45, 7) is 1.16. The highest BCUT2D eigenvalue weighted by atomic mass is 32.2. The summed E-state index contributed by atoms with van der Waals surface area (Å²) in [5.41, 5.74) is 0. The zero-order valence-corrected chi connectivity index (χ0v) is 10.2. The summed E-state index contributed by atoms with van der Waals surface area (Å²) >= 11 is 0. The van der Waals surface area contributed by atoms with Crippen molar-refractivity contribution in [3.63, 3.8) is 0 Å². The van der Waals surface area contributed by atoms with Gasteiger partial charge in [0.15, 0.2) is 5.25 Å². The molecule has 0 bridgehead atoms. The lowest BCUT2D eigenvalue weighted by atomic mass is 10.3. The van der Waals surface area contributed by atoms with E-state index in [-0.39, 0.29) is 12.1 Å². The van der Waals surface area contributed by atoms with Crippen LogP contribution in [0.15, 0.2) is 0 Å². The molecule has 0 saturated heterocycles. The van der Waals surface area contributed by atoms with E-state index in [4.69, 9.17) is 9.84 Å². The molecule has 1 aliphatic rings. The summed E-state index contributed by atoms with van der Waals surface area (Å²) in [5.74, 6) is -1.34. The first-order valence-electron chi connectivity index (χ1n) is 5.13. The Bertz CT molecular complexity index is 353. The highest BCUT2D eigenvalue weighted by Gasteiger charge is 2.33. The van der Waals surface area contributed by atoms with Gasteiger partial charge in [0.05, 0.1) is 6.10 Å². The minimum Gasteiger partial charge on any atom is -0.480 e. The summed E-state index contributed by atoms with van der Waals surface area (Å²) in [6.07, 6.45) is 2.14. The van der Waals surface area contributed by atoms with E-state index in [9.17, 15) is 13.2 Å². The van der Waals surface area contributed by atoms with Gasteiger partial charge < -0.3 is 9.84 Å². The van der Waals surface area contributed by atoms with Crippen LogP contribution in [0.5, 0.6) is 0 Å². The van der Waals surface area contributed by atoms with Crippen LogP contribution in [0.4, 0.5) is 0 Å². The van der Waals surface area contributed by atoms with Crippen molar-refractivity contribution in [3.05, 3.63) is 0 Å². The van der Waals surface area contributed by atoms with Gasteiger partial charge in [-0.2, -0.15) is 0 Å². The lowest BCUT2D eigenvalue weighted by molar-refractivity contribution is -0.136. The molecule has 0 aromatic carbocycles. The normalized spacial score (nSPS) is 27.9. The van der Waals surface area contributed by atoms with Crippen molar-refractivity contribution in [1.29, 1.82) is 0 Å². The van der Waals surface area contributed by atoms with Gasteiger partial charge in [-0.3, -0.25) is 4.79 Å². The van der Waals surface area contributed by atoms with Crippen molar-refractivity contribution in [2.75, 3.05) is 7.11 Å². The number of methoxy groups -OCH3 is 1. The fraction of sp³-hybridized carbons (Fsp3) is 0.889. The molecule has 2 N–H and O–H groups in total. The molecule has 0 aliphatic heterocycles. The standard InChI is InChI=1S/C9H17NO5S/c1-6(9(11)12)16(13,14)10-7-3-4-8(5-7)15-2/h6-8,10H,3-5H2,1-2H3,(H,11,12). The van der Waals surface area contributed by atoms with Crippen molar-refractivity contribution >= 4 is 16.0 Å². The molecular formula is C9H17NO5S. The largest absolute Gasteiger partial charge is 0.480 e. The maximum absolute atomic E-state index is 11.6. The molecule has 0 aromatic heterocycles. The number of carboxylic acid groups (broad SMARTS) is 1. The lowest BCUT2D eigenvalue weighted by Crippen LogP contribution is -2.42. The summed E-state index contributed by atoms with van der Waals surface area (Å²) in [5, 5.41) is 7.22. The van der Waals surface area contributed by atoms with Gasteiger partial charge in [0.1, 0.15) is 0 Å². The first-order chi connectivity index (χ1) is 7.36. The molecule has 1 rings (SSSR count). The highest BCUT2D eigenvalue weighted by Crippen LogP contribution is 2.22. The molecule has 0 aromatic rings. The second-order valence-electron chi connectivity index (χ2n) is 4.01. The summed E-state index contributed by atoms with van der Waals surface area (Å²) in [4.78, 5) is 10.6. The predicted molar refractivity (Wildman–Crippen MR) is 57.6 cm³/mol. The molecule has 7 heteroatoms. The number of carboxylic acids is 1. The minimum absolute atomic E-state index is 0.0628. The van der Waals surface area contributed by atoms with E-state index >= 15 is 0 Å². The third-order valence-electron chi connectivity index (χ3n) is 2.86. The van der Waals surface area contributed by atoms with Gasteiger partial charge >= 0.3 is 5.97 Å². The van der Waals surface area contributed by atoms with Crippen LogP contribution in [0, 0.1) is 0 Å². The molecule has 1 fully saturated rings. The molecule has 0 amide bonds. The maximum atomic E-state index is 11.6. The molecular weight excluding hydrogens is 234 g/mol. The second-order valence-corrected chi connectivity index (χ2v) is 6.04. The monoisotopic (exact) mass is 251 g/mol. The van der Waals surface area contributed by atoms with Crippen LogP contribution in [-0.2, 0) is 19.6 Å². The first kappa shape index (κ1) is 13.4. The first-order valence-corrected chi connectivity index (χ1v) is 6.68. The number of aliphatic carboxylic acids is 1. The molecule has 94 valence electrons. The Hall–Kier alpha value is -0.660. The summed E-state index contributed by atoms with van der Waals surface area (Å²) in [6, 6.07) is -0.211. The summed E-state index contributed by atoms with van der Waals surface area (Å²) < 4.78 is 30.7. The van der Waals surface area contributed by atoms with Gasteiger partial charge in [0, 0.05) is 13.2 Å². The van der Waals surface area contributed by atoms with Crippen molar-refractivity contribution in [2.45, 2.75) is 43.6 Å². The van der Waals surface area contributed by atoms with E-state index in [1.54, 1.807) is 7.11 Å².